The fourth-order valence-corrected chi connectivity index (χ4v) is 5.34. The van der Waals surface area contributed by atoms with Gasteiger partial charge >= 0.3 is 0 Å². The van der Waals surface area contributed by atoms with Crippen molar-refractivity contribution in [1.29, 1.82) is 0 Å². The van der Waals surface area contributed by atoms with E-state index in [0.29, 0.717) is 11.8 Å². The summed E-state index contributed by atoms with van der Waals surface area (Å²) in [6.45, 7) is 0.785. The van der Waals surface area contributed by atoms with Gasteiger partial charge in [0.2, 0.25) is 0 Å². The Morgan fingerprint density at radius 3 is 2.45 bits per heavy atom. The van der Waals surface area contributed by atoms with Gasteiger partial charge in [-0.25, -0.2) is 0 Å². The molecule has 2 N–H and O–H groups in total. The summed E-state index contributed by atoms with van der Waals surface area (Å²) >= 11 is 2.02. The van der Waals surface area contributed by atoms with Crippen molar-refractivity contribution < 1.29 is 9.53 Å². The quantitative estimate of drug-likeness (QED) is 0.851. The van der Waals surface area contributed by atoms with E-state index in [4.69, 9.17) is 10.5 Å². The maximum absolute atomic E-state index is 12.8. The lowest BCUT2D eigenvalue weighted by molar-refractivity contribution is -0.142. The molecule has 20 heavy (non-hydrogen) atoms. The molecule has 3 fully saturated rings. The first-order valence-corrected chi connectivity index (χ1v) is 9.35. The number of hydrogen-bond acceptors (Lipinski definition) is 4. The fraction of sp³-hybridized carbons (Fsp3) is 0.938. The van der Waals surface area contributed by atoms with E-state index in [2.05, 4.69) is 0 Å². The maximum atomic E-state index is 12.8. The number of rotatable bonds is 2. The van der Waals surface area contributed by atoms with Gasteiger partial charge in [-0.2, -0.15) is 11.8 Å². The largest absolute Gasteiger partial charge is 0.375 e. The molecule has 0 bridgehead atoms. The van der Waals surface area contributed by atoms with Gasteiger partial charge in [0.25, 0.3) is 0 Å². The minimum Gasteiger partial charge on any atom is -0.375 e. The van der Waals surface area contributed by atoms with Crippen LogP contribution in [0.5, 0.6) is 0 Å². The van der Waals surface area contributed by atoms with Gasteiger partial charge < -0.3 is 10.5 Å². The van der Waals surface area contributed by atoms with E-state index in [-0.39, 0.29) is 17.4 Å². The Kier molecular flexibility index (Phi) is 4.73. The molecule has 0 aromatic carbocycles. The van der Waals surface area contributed by atoms with Crippen molar-refractivity contribution in [2.45, 2.75) is 63.0 Å². The summed E-state index contributed by atoms with van der Waals surface area (Å²) in [6.07, 6.45) is 8.28. The van der Waals surface area contributed by atoms with Crippen LogP contribution >= 0.6 is 11.8 Å². The lowest BCUT2D eigenvalue weighted by Crippen LogP contribution is -2.46. The lowest BCUT2D eigenvalue weighted by atomic mass is 9.74. The normalized spacial score (nSPS) is 37.8. The smallest absolute Gasteiger partial charge is 0.139 e. The number of carbonyl (C=O) groups excluding carboxylic acids is 1. The minimum absolute atomic E-state index is 0.0366. The van der Waals surface area contributed by atoms with Crippen LogP contribution in [0.4, 0.5) is 0 Å². The summed E-state index contributed by atoms with van der Waals surface area (Å²) in [5.41, 5.74) is 5.99. The van der Waals surface area contributed by atoms with Gasteiger partial charge in [-0.05, 0) is 62.9 Å². The number of nitrogens with two attached hydrogens (primary N) is 1. The summed E-state index contributed by atoms with van der Waals surface area (Å²) in [5.74, 6) is 3.45. The van der Waals surface area contributed by atoms with E-state index in [1.165, 1.54) is 11.5 Å². The molecule has 3 aliphatic rings. The van der Waals surface area contributed by atoms with Crippen molar-refractivity contribution >= 4 is 17.5 Å². The highest BCUT2D eigenvalue weighted by atomic mass is 32.2. The predicted molar refractivity (Wildman–Crippen MR) is 82.9 cm³/mol. The van der Waals surface area contributed by atoms with Crippen molar-refractivity contribution in [2.75, 3.05) is 18.1 Å². The average Bonchev–Trinajstić information content (AvgIpc) is 2.48. The highest BCUT2D eigenvalue weighted by Crippen LogP contribution is 2.41. The number of Topliss-reactive ketones (excluding diaryl/α,β-unsaturated/α-hetero) is 1. The van der Waals surface area contributed by atoms with Crippen LogP contribution in [-0.4, -0.2) is 35.5 Å². The number of carbonyl (C=O) groups is 1. The third-order valence-corrected chi connectivity index (χ3v) is 6.46. The molecular formula is C16H27NO2S. The number of hydrogen-bond donors (Lipinski definition) is 1. The van der Waals surface area contributed by atoms with Crippen LogP contribution in [0.15, 0.2) is 0 Å². The first-order valence-electron chi connectivity index (χ1n) is 8.20. The molecule has 2 aliphatic heterocycles. The Hall–Kier alpha value is -0.0600. The second-order valence-corrected chi connectivity index (χ2v) is 8.07. The van der Waals surface area contributed by atoms with Crippen molar-refractivity contribution in [3.8, 4) is 0 Å². The van der Waals surface area contributed by atoms with Crippen molar-refractivity contribution in [2.24, 2.45) is 17.6 Å². The zero-order valence-corrected chi connectivity index (χ0v) is 13.1. The Labute approximate surface area is 126 Å². The van der Waals surface area contributed by atoms with Gasteiger partial charge in [0.05, 0.1) is 5.60 Å². The summed E-state index contributed by atoms with van der Waals surface area (Å²) in [7, 11) is 0. The van der Waals surface area contributed by atoms with E-state index < -0.39 is 0 Å². The van der Waals surface area contributed by atoms with E-state index in [0.717, 1.165) is 58.0 Å². The zero-order valence-electron chi connectivity index (χ0n) is 12.3. The van der Waals surface area contributed by atoms with Gasteiger partial charge in [0.1, 0.15) is 5.78 Å². The first kappa shape index (κ1) is 14.9. The van der Waals surface area contributed by atoms with Crippen LogP contribution in [0, 0.1) is 11.8 Å². The van der Waals surface area contributed by atoms with Crippen LogP contribution in [0.1, 0.15) is 51.4 Å². The summed E-state index contributed by atoms with van der Waals surface area (Å²) in [5, 5.41) is 0. The van der Waals surface area contributed by atoms with Gasteiger partial charge in [0, 0.05) is 24.5 Å². The van der Waals surface area contributed by atoms with Crippen LogP contribution in [0.2, 0.25) is 0 Å². The summed E-state index contributed by atoms with van der Waals surface area (Å²) in [4.78, 5) is 12.8. The lowest BCUT2D eigenvalue weighted by Gasteiger charge is -2.43. The molecular weight excluding hydrogens is 270 g/mol. The monoisotopic (exact) mass is 297 g/mol. The molecule has 1 saturated carbocycles. The molecule has 114 valence electrons. The number of ketones is 1. The predicted octanol–water partition coefficient (Wildman–Crippen LogP) is 2.77. The molecule has 1 atom stereocenters. The summed E-state index contributed by atoms with van der Waals surface area (Å²) in [6, 6.07) is 0.329. The maximum Gasteiger partial charge on any atom is 0.139 e. The van der Waals surface area contributed by atoms with Gasteiger partial charge in [-0.1, -0.05) is 0 Å². The molecule has 0 aromatic rings. The average molecular weight is 297 g/mol. The highest BCUT2D eigenvalue weighted by Gasteiger charge is 2.42. The topological polar surface area (TPSA) is 52.3 Å². The standard InChI is InChI=1S/C16H27NO2S/c17-14-3-1-12(2-4-14)15(18)13-5-8-19-16(11-13)6-9-20-10-7-16/h12-14H,1-11,17H2. The van der Waals surface area contributed by atoms with E-state index in [9.17, 15) is 4.79 Å². The molecule has 2 saturated heterocycles. The molecule has 4 heteroatoms. The Morgan fingerprint density at radius 1 is 1.05 bits per heavy atom. The van der Waals surface area contributed by atoms with Crippen LogP contribution < -0.4 is 5.73 Å². The molecule has 0 amide bonds. The summed E-state index contributed by atoms with van der Waals surface area (Å²) < 4.78 is 6.11. The Balaban J connectivity index is 1.60. The van der Waals surface area contributed by atoms with E-state index in [1.54, 1.807) is 0 Å². The zero-order chi connectivity index (χ0) is 14.0. The van der Waals surface area contributed by atoms with Gasteiger partial charge in [-0.3, -0.25) is 4.79 Å². The molecule has 3 rings (SSSR count). The van der Waals surface area contributed by atoms with Gasteiger partial charge in [-0.15, -0.1) is 0 Å². The third kappa shape index (κ3) is 3.23. The van der Waals surface area contributed by atoms with E-state index in [1.807, 2.05) is 11.8 Å². The molecule has 0 aromatic heterocycles. The van der Waals surface area contributed by atoms with Crippen molar-refractivity contribution in [3.63, 3.8) is 0 Å². The second kappa shape index (κ2) is 6.37. The number of ether oxygens (including phenoxy) is 1. The molecule has 3 nitrogen and oxygen atoms in total. The third-order valence-electron chi connectivity index (χ3n) is 5.47. The highest BCUT2D eigenvalue weighted by molar-refractivity contribution is 7.99. The molecule has 2 heterocycles. The fourth-order valence-electron chi connectivity index (χ4n) is 4.10. The minimum atomic E-state index is 0.0366. The molecule has 0 radical (unpaired) electrons. The van der Waals surface area contributed by atoms with Crippen LogP contribution in [0.3, 0.4) is 0 Å². The van der Waals surface area contributed by atoms with Crippen LogP contribution in [0.25, 0.3) is 0 Å². The molecule has 1 aliphatic carbocycles. The first-order chi connectivity index (χ1) is 9.69. The second-order valence-electron chi connectivity index (χ2n) is 6.85. The molecule has 1 spiro atoms. The van der Waals surface area contributed by atoms with Crippen molar-refractivity contribution in [3.05, 3.63) is 0 Å². The SMILES string of the molecule is NC1CCC(C(=O)C2CCOC3(CCSCC3)C2)CC1. The number of thioether (sulfide) groups is 1. The Morgan fingerprint density at radius 2 is 1.75 bits per heavy atom. The van der Waals surface area contributed by atoms with Gasteiger partial charge in [0.15, 0.2) is 0 Å². The molecule has 1 unspecified atom stereocenters. The van der Waals surface area contributed by atoms with Crippen molar-refractivity contribution in [1.82, 2.24) is 0 Å². The Bertz CT molecular complexity index is 341. The van der Waals surface area contributed by atoms with Crippen LogP contribution in [-0.2, 0) is 9.53 Å². The van der Waals surface area contributed by atoms with E-state index >= 15 is 0 Å².